The molecule has 1 fully saturated rings. The number of benzene rings is 1. The SMILES string of the molecule is Cc1cc(F)ccc1C(=O)C1CCC(C)C(C)C1. The zero-order valence-corrected chi connectivity index (χ0v) is 11.4. The predicted molar refractivity (Wildman–Crippen MR) is 71.1 cm³/mol. The molecule has 0 N–H and O–H groups in total. The van der Waals surface area contributed by atoms with Crippen molar-refractivity contribution in [2.45, 2.75) is 40.0 Å². The van der Waals surface area contributed by atoms with Crippen LogP contribution in [-0.2, 0) is 0 Å². The lowest BCUT2D eigenvalue weighted by Crippen LogP contribution is -2.26. The van der Waals surface area contributed by atoms with Gasteiger partial charge < -0.3 is 0 Å². The minimum Gasteiger partial charge on any atom is -0.294 e. The molecule has 3 unspecified atom stereocenters. The molecule has 2 rings (SSSR count). The molecular weight excluding hydrogens is 227 g/mol. The van der Waals surface area contributed by atoms with Gasteiger partial charge in [0.2, 0.25) is 0 Å². The molecule has 1 saturated carbocycles. The first-order valence-electron chi connectivity index (χ1n) is 6.79. The van der Waals surface area contributed by atoms with Crippen LogP contribution in [0.3, 0.4) is 0 Å². The van der Waals surface area contributed by atoms with E-state index in [9.17, 15) is 9.18 Å². The Kier molecular flexibility index (Phi) is 3.84. The molecule has 0 radical (unpaired) electrons. The maximum absolute atomic E-state index is 13.1. The van der Waals surface area contributed by atoms with Crippen molar-refractivity contribution in [3.8, 4) is 0 Å². The van der Waals surface area contributed by atoms with E-state index in [1.807, 2.05) is 6.92 Å². The van der Waals surface area contributed by atoms with E-state index in [4.69, 9.17) is 0 Å². The van der Waals surface area contributed by atoms with Gasteiger partial charge in [-0.1, -0.05) is 13.8 Å². The van der Waals surface area contributed by atoms with Gasteiger partial charge in [0.25, 0.3) is 0 Å². The molecule has 1 aliphatic carbocycles. The van der Waals surface area contributed by atoms with Gasteiger partial charge >= 0.3 is 0 Å². The fourth-order valence-corrected chi connectivity index (χ4v) is 2.91. The van der Waals surface area contributed by atoms with E-state index < -0.39 is 0 Å². The van der Waals surface area contributed by atoms with Crippen LogP contribution in [0, 0.1) is 30.5 Å². The third-order valence-corrected chi connectivity index (χ3v) is 4.42. The quantitative estimate of drug-likeness (QED) is 0.709. The molecule has 0 aliphatic heterocycles. The summed E-state index contributed by atoms with van der Waals surface area (Å²) >= 11 is 0. The molecule has 0 amide bonds. The van der Waals surface area contributed by atoms with Gasteiger partial charge in [0.1, 0.15) is 5.82 Å². The van der Waals surface area contributed by atoms with Crippen LogP contribution >= 0.6 is 0 Å². The molecule has 1 nitrogen and oxygen atoms in total. The minimum atomic E-state index is -0.269. The number of hydrogen-bond acceptors (Lipinski definition) is 1. The first-order valence-corrected chi connectivity index (χ1v) is 6.79. The van der Waals surface area contributed by atoms with Gasteiger partial charge in [-0.2, -0.15) is 0 Å². The molecule has 1 aliphatic rings. The van der Waals surface area contributed by atoms with Gasteiger partial charge in [-0.25, -0.2) is 4.39 Å². The van der Waals surface area contributed by atoms with E-state index in [1.165, 1.54) is 12.1 Å². The highest BCUT2D eigenvalue weighted by molar-refractivity contribution is 5.99. The molecule has 0 spiro atoms. The van der Waals surface area contributed by atoms with Crippen LogP contribution < -0.4 is 0 Å². The highest BCUT2D eigenvalue weighted by Gasteiger charge is 2.30. The van der Waals surface area contributed by atoms with Gasteiger partial charge in [-0.15, -0.1) is 0 Å². The maximum Gasteiger partial charge on any atom is 0.166 e. The van der Waals surface area contributed by atoms with E-state index in [0.717, 1.165) is 24.8 Å². The molecule has 3 atom stereocenters. The van der Waals surface area contributed by atoms with E-state index in [0.29, 0.717) is 17.4 Å². The summed E-state index contributed by atoms with van der Waals surface area (Å²) in [4.78, 5) is 12.5. The van der Waals surface area contributed by atoms with Crippen LogP contribution in [0.2, 0.25) is 0 Å². The van der Waals surface area contributed by atoms with E-state index in [-0.39, 0.29) is 17.5 Å². The van der Waals surface area contributed by atoms with Crippen LogP contribution in [-0.4, -0.2) is 5.78 Å². The average Bonchev–Trinajstić information content (AvgIpc) is 2.32. The molecule has 0 bridgehead atoms. The number of hydrogen-bond donors (Lipinski definition) is 0. The van der Waals surface area contributed by atoms with Crippen molar-refractivity contribution in [2.75, 3.05) is 0 Å². The van der Waals surface area contributed by atoms with E-state index >= 15 is 0 Å². The topological polar surface area (TPSA) is 17.1 Å². The summed E-state index contributed by atoms with van der Waals surface area (Å²) in [6.45, 7) is 6.29. The van der Waals surface area contributed by atoms with Crippen LogP contribution in [0.5, 0.6) is 0 Å². The van der Waals surface area contributed by atoms with Gasteiger partial charge in [0.05, 0.1) is 0 Å². The monoisotopic (exact) mass is 248 g/mol. The van der Waals surface area contributed by atoms with Crippen LogP contribution in [0.15, 0.2) is 18.2 Å². The number of halogens is 1. The summed E-state index contributed by atoms with van der Waals surface area (Å²) in [7, 11) is 0. The summed E-state index contributed by atoms with van der Waals surface area (Å²) < 4.78 is 13.1. The number of ketones is 1. The lowest BCUT2D eigenvalue weighted by atomic mass is 9.73. The Bertz CT molecular complexity index is 452. The smallest absolute Gasteiger partial charge is 0.166 e. The maximum atomic E-state index is 13.1. The number of aryl methyl sites for hydroxylation is 1. The zero-order chi connectivity index (χ0) is 13.3. The zero-order valence-electron chi connectivity index (χ0n) is 11.4. The normalized spacial score (nSPS) is 28.1. The third kappa shape index (κ3) is 2.63. The number of carbonyl (C=O) groups excluding carboxylic acids is 1. The molecule has 0 aromatic heterocycles. The number of carbonyl (C=O) groups is 1. The van der Waals surface area contributed by atoms with Gasteiger partial charge in [-0.05, 0) is 61.8 Å². The Balaban J connectivity index is 2.16. The first kappa shape index (κ1) is 13.3. The van der Waals surface area contributed by atoms with E-state index in [2.05, 4.69) is 13.8 Å². The predicted octanol–water partition coefficient (Wildman–Crippen LogP) is 4.39. The van der Waals surface area contributed by atoms with Crippen molar-refractivity contribution >= 4 is 5.78 Å². The molecule has 2 heteroatoms. The Morgan fingerprint density at radius 2 is 1.94 bits per heavy atom. The fraction of sp³-hybridized carbons (Fsp3) is 0.562. The minimum absolute atomic E-state index is 0.125. The third-order valence-electron chi connectivity index (χ3n) is 4.42. The molecule has 0 saturated heterocycles. The first-order chi connectivity index (χ1) is 8.49. The van der Waals surface area contributed by atoms with Crippen molar-refractivity contribution in [1.82, 2.24) is 0 Å². The van der Waals surface area contributed by atoms with Crippen LogP contribution in [0.25, 0.3) is 0 Å². The summed E-state index contributed by atoms with van der Waals surface area (Å²) in [6, 6.07) is 4.47. The summed E-state index contributed by atoms with van der Waals surface area (Å²) in [5.74, 6) is 1.37. The van der Waals surface area contributed by atoms with Crippen molar-refractivity contribution in [3.63, 3.8) is 0 Å². The van der Waals surface area contributed by atoms with Gasteiger partial charge in [0, 0.05) is 11.5 Å². The Hall–Kier alpha value is -1.18. The molecular formula is C16H21FO. The van der Waals surface area contributed by atoms with Crippen LogP contribution in [0.4, 0.5) is 4.39 Å². The molecule has 1 aromatic carbocycles. The highest BCUT2D eigenvalue weighted by atomic mass is 19.1. The molecule has 0 heterocycles. The summed E-state index contributed by atoms with van der Waals surface area (Å²) in [5.41, 5.74) is 1.45. The number of rotatable bonds is 2. The summed E-state index contributed by atoms with van der Waals surface area (Å²) in [5, 5.41) is 0. The van der Waals surface area contributed by atoms with Crippen molar-refractivity contribution in [2.24, 2.45) is 17.8 Å². The average molecular weight is 248 g/mol. The lowest BCUT2D eigenvalue weighted by Gasteiger charge is -2.31. The molecule has 18 heavy (non-hydrogen) atoms. The van der Waals surface area contributed by atoms with Crippen LogP contribution in [0.1, 0.15) is 49.0 Å². The standard InChI is InChI=1S/C16H21FO/c1-10-4-5-13(8-11(10)2)16(18)15-7-6-14(17)9-12(15)3/h6-7,9-11,13H,4-5,8H2,1-3H3. The van der Waals surface area contributed by atoms with Crippen molar-refractivity contribution in [3.05, 3.63) is 35.1 Å². The second-order valence-corrected chi connectivity index (χ2v) is 5.79. The summed E-state index contributed by atoms with van der Waals surface area (Å²) in [6.07, 6.45) is 3.07. The number of Topliss-reactive ketones (excluding diaryl/α,β-unsaturated/α-hetero) is 1. The molecule has 1 aromatic rings. The lowest BCUT2D eigenvalue weighted by molar-refractivity contribution is 0.0837. The highest BCUT2D eigenvalue weighted by Crippen LogP contribution is 2.35. The van der Waals surface area contributed by atoms with Crippen molar-refractivity contribution < 1.29 is 9.18 Å². The second-order valence-electron chi connectivity index (χ2n) is 5.79. The fourth-order valence-electron chi connectivity index (χ4n) is 2.91. The Morgan fingerprint density at radius 3 is 2.56 bits per heavy atom. The van der Waals surface area contributed by atoms with E-state index in [1.54, 1.807) is 6.07 Å². The second kappa shape index (κ2) is 5.21. The van der Waals surface area contributed by atoms with Gasteiger partial charge in [-0.3, -0.25) is 4.79 Å². The Labute approximate surface area is 108 Å². The van der Waals surface area contributed by atoms with Crippen molar-refractivity contribution in [1.29, 1.82) is 0 Å². The molecule has 98 valence electrons. The Morgan fingerprint density at radius 1 is 1.22 bits per heavy atom. The largest absolute Gasteiger partial charge is 0.294 e. The van der Waals surface area contributed by atoms with Gasteiger partial charge in [0.15, 0.2) is 5.78 Å².